The fourth-order valence-corrected chi connectivity index (χ4v) is 5.66. The zero-order valence-corrected chi connectivity index (χ0v) is 14.5. The van der Waals surface area contributed by atoms with Crippen molar-refractivity contribution in [2.24, 2.45) is 5.73 Å². The summed E-state index contributed by atoms with van der Waals surface area (Å²) < 4.78 is 0.558. The number of amides is 1. The highest BCUT2D eigenvalue weighted by Crippen LogP contribution is 2.40. The van der Waals surface area contributed by atoms with E-state index in [0.29, 0.717) is 26.4 Å². The Morgan fingerprint density at radius 3 is 2.79 bits per heavy atom. The van der Waals surface area contributed by atoms with E-state index in [9.17, 15) is 19.5 Å². The molecule has 4 N–H and O–H groups in total. The number of carbonyl (C=O) groups is 3. The number of hydrogen-bond acceptors (Lipinski definition) is 9. The van der Waals surface area contributed by atoms with E-state index in [0.717, 1.165) is 11.3 Å². The van der Waals surface area contributed by atoms with E-state index < -0.39 is 18.0 Å². The van der Waals surface area contributed by atoms with Gasteiger partial charge in [-0.3, -0.25) is 14.5 Å². The van der Waals surface area contributed by atoms with E-state index in [1.165, 1.54) is 28.4 Å². The molecule has 0 bridgehead atoms. The molecule has 2 aliphatic rings. The van der Waals surface area contributed by atoms with Crippen molar-refractivity contribution < 1.29 is 24.6 Å². The number of hydrogen-bond donors (Lipinski definition) is 3. The smallest absolute Gasteiger partial charge is 0.352 e. The maximum atomic E-state index is 11.8. The summed E-state index contributed by atoms with van der Waals surface area (Å²) in [5, 5.41) is 25.9. The van der Waals surface area contributed by atoms with Gasteiger partial charge in [0, 0.05) is 11.5 Å². The average molecular weight is 388 g/mol. The second-order valence-electron chi connectivity index (χ2n) is 5.01. The van der Waals surface area contributed by atoms with Gasteiger partial charge in [-0.2, -0.15) is 0 Å². The Kier molecular flexibility index (Phi) is 4.80. The summed E-state index contributed by atoms with van der Waals surface area (Å²) in [6.07, 6.45) is -0.195. The number of nitrogens with zero attached hydrogens (tertiary/aromatic N) is 3. The maximum absolute atomic E-state index is 11.8. The van der Waals surface area contributed by atoms with Gasteiger partial charge >= 0.3 is 11.9 Å². The largest absolute Gasteiger partial charge is 0.481 e. The lowest BCUT2D eigenvalue weighted by atomic mass is 10.0. The molecule has 24 heavy (non-hydrogen) atoms. The van der Waals surface area contributed by atoms with Crippen LogP contribution >= 0.6 is 34.9 Å². The van der Waals surface area contributed by atoms with Crippen molar-refractivity contribution in [1.29, 1.82) is 0 Å². The average Bonchev–Trinajstić information content (AvgIpc) is 2.97. The van der Waals surface area contributed by atoms with Gasteiger partial charge in [0.25, 0.3) is 0 Å². The molecule has 1 unspecified atom stereocenters. The number of carboxylic acid groups (broad SMARTS) is 2. The number of carboxylic acids is 2. The molecule has 3 heterocycles. The van der Waals surface area contributed by atoms with Crippen molar-refractivity contribution in [3.8, 4) is 0 Å². The minimum atomic E-state index is -1.15. The molecule has 2 aliphatic heterocycles. The van der Waals surface area contributed by atoms with Gasteiger partial charge in [0.15, 0.2) is 4.34 Å². The van der Waals surface area contributed by atoms with Crippen LogP contribution in [0, 0.1) is 0 Å². The van der Waals surface area contributed by atoms with E-state index in [1.54, 1.807) is 0 Å². The van der Waals surface area contributed by atoms with Gasteiger partial charge < -0.3 is 15.9 Å². The van der Waals surface area contributed by atoms with Gasteiger partial charge in [-0.1, -0.05) is 23.1 Å². The summed E-state index contributed by atoms with van der Waals surface area (Å²) in [5.41, 5.74) is 6.30. The molecule has 128 valence electrons. The molecular weight excluding hydrogens is 376 g/mol. The molecule has 1 aromatic rings. The van der Waals surface area contributed by atoms with Crippen molar-refractivity contribution >= 4 is 52.7 Å². The van der Waals surface area contributed by atoms with Gasteiger partial charge in [-0.25, -0.2) is 4.79 Å². The Morgan fingerprint density at radius 2 is 2.12 bits per heavy atom. The van der Waals surface area contributed by atoms with Crippen molar-refractivity contribution in [1.82, 2.24) is 15.1 Å². The van der Waals surface area contributed by atoms with Crippen molar-refractivity contribution in [3.63, 3.8) is 0 Å². The standard InChI is InChI=1S/C12H12N4O5S3/c13-7-9(19)16-8(11(20)21)4(2-22-10(7)16)3-23-12-15-14-5(24-12)1-6(17)18/h7,10H,1-3,13H2,(H,17,18)(H,20,21)/t7?,10-/m1/s1. The van der Waals surface area contributed by atoms with E-state index >= 15 is 0 Å². The van der Waals surface area contributed by atoms with Crippen molar-refractivity contribution in [2.75, 3.05) is 11.5 Å². The molecule has 3 rings (SSSR count). The quantitative estimate of drug-likeness (QED) is 0.443. The molecule has 12 heteroatoms. The molecule has 2 atom stereocenters. The highest BCUT2D eigenvalue weighted by molar-refractivity contribution is 8.01. The fourth-order valence-electron chi connectivity index (χ4n) is 2.34. The van der Waals surface area contributed by atoms with Gasteiger partial charge in [0.1, 0.15) is 22.1 Å². The minimum Gasteiger partial charge on any atom is -0.481 e. The Labute approximate surface area is 148 Å². The summed E-state index contributed by atoms with van der Waals surface area (Å²) in [5.74, 6) is -1.72. The van der Waals surface area contributed by atoms with Gasteiger partial charge in [0.2, 0.25) is 5.91 Å². The fraction of sp³-hybridized carbons (Fsp3) is 0.417. The lowest BCUT2D eigenvalue weighted by Crippen LogP contribution is -2.68. The van der Waals surface area contributed by atoms with Crippen LogP contribution in [0.15, 0.2) is 15.6 Å². The molecule has 1 fully saturated rings. The molecule has 9 nitrogen and oxygen atoms in total. The third-order valence-corrected chi connectivity index (χ3v) is 6.92. The Hall–Kier alpha value is -1.63. The second kappa shape index (κ2) is 6.70. The van der Waals surface area contributed by atoms with Gasteiger partial charge in [0.05, 0.1) is 6.42 Å². The molecular formula is C12H12N4O5S3. The topological polar surface area (TPSA) is 147 Å². The number of aromatic nitrogens is 2. The summed E-state index contributed by atoms with van der Waals surface area (Å²) in [7, 11) is 0. The highest BCUT2D eigenvalue weighted by atomic mass is 32.2. The predicted octanol–water partition coefficient (Wildman–Crippen LogP) is -0.162. The first-order valence-corrected chi connectivity index (χ1v) is 9.56. The summed E-state index contributed by atoms with van der Waals surface area (Å²) >= 11 is 3.87. The molecule has 0 aliphatic carbocycles. The maximum Gasteiger partial charge on any atom is 0.352 e. The molecule has 1 saturated heterocycles. The van der Waals surface area contributed by atoms with Crippen LogP contribution in [0.5, 0.6) is 0 Å². The van der Waals surface area contributed by atoms with Crippen LogP contribution in [0.3, 0.4) is 0 Å². The summed E-state index contributed by atoms with van der Waals surface area (Å²) in [4.78, 5) is 35.3. The highest BCUT2D eigenvalue weighted by Gasteiger charge is 2.51. The molecule has 1 amide bonds. The van der Waals surface area contributed by atoms with Crippen LogP contribution in [0.25, 0.3) is 0 Å². The second-order valence-corrected chi connectivity index (χ2v) is 8.40. The lowest BCUT2D eigenvalue weighted by Gasteiger charge is -2.48. The third-order valence-electron chi connectivity index (χ3n) is 3.41. The Morgan fingerprint density at radius 1 is 1.38 bits per heavy atom. The predicted molar refractivity (Wildman–Crippen MR) is 87.7 cm³/mol. The number of thioether (sulfide) groups is 2. The SMILES string of the molecule is NC1C(=O)N2C(C(=O)O)=C(CSc3nnc(CC(=O)O)s3)CS[C@H]12. The van der Waals surface area contributed by atoms with Crippen LogP contribution in [0.2, 0.25) is 0 Å². The molecule has 0 radical (unpaired) electrons. The van der Waals surface area contributed by atoms with E-state index in [1.807, 2.05) is 0 Å². The zero-order chi connectivity index (χ0) is 17.4. The lowest BCUT2D eigenvalue weighted by molar-refractivity contribution is -0.147. The van der Waals surface area contributed by atoms with Crippen molar-refractivity contribution in [3.05, 3.63) is 16.3 Å². The van der Waals surface area contributed by atoms with E-state index in [4.69, 9.17) is 10.8 Å². The molecule has 0 saturated carbocycles. The van der Waals surface area contributed by atoms with Crippen LogP contribution in [0.1, 0.15) is 5.01 Å². The van der Waals surface area contributed by atoms with Crippen LogP contribution < -0.4 is 5.73 Å². The van der Waals surface area contributed by atoms with Crippen LogP contribution in [-0.2, 0) is 20.8 Å². The number of aliphatic carboxylic acids is 2. The first-order chi connectivity index (χ1) is 11.4. The summed E-state index contributed by atoms with van der Waals surface area (Å²) in [6, 6.07) is -0.653. The van der Waals surface area contributed by atoms with Crippen LogP contribution in [0.4, 0.5) is 0 Å². The van der Waals surface area contributed by atoms with E-state index in [-0.39, 0.29) is 23.4 Å². The normalized spacial score (nSPS) is 23.0. The Bertz CT molecular complexity index is 749. The van der Waals surface area contributed by atoms with Gasteiger partial charge in [-0.05, 0) is 5.57 Å². The number of rotatable bonds is 6. The Balaban J connectivity index is 1.73. The number of β-lactam (4-membered cyclic amide) rings is 1. The molecule has 0 spiro atoms. The third kappa shape index (κ3) is 3.14. The number of carbonyl (C=O) groups excluding carboxylic acids is 1. The first-order valence-electron chi connectivity index (χ1n) is 6.71. The van der Waals surface area contributed by atoms with Crippen molar-refractivity contribution in [2.45, 2.75) is 22.2 Å². The first kappa shape index (κ1) is 17.2. The molecule has 1 aromatic heterocycles. The van der Waals surface area contributed by atoms with E-state index in [2.05, 4.69) is 10.2 Å². The number of nitrogens with two attached hydrogens (primary N) is 1. The van der Waals surface area contributed by atoms with Gasteiger partial charge in [-0.15, -0.1) is 22.0 Å². The van der Waals surface area contributed by atoms with Crippen LogP contribution in [-0.4, -0.2) is 66.1 Å². The zero-order valence-electron chi connectivity index (χ0n) is 12.0. The molecule has 0 aromatic carbocycles. The monoisotopic (exact) mass is 388 g/mol. The minimum absolute atomic E-state index is 0.00627. The summed E-state index contributed by atoms with van der Waals surface area (Å²) in [6.45, 7) is 0. The number of fused-ring (bicyclic) bond motifs is 1.